The second-order valence-corrected chi connectivity index (χ2v) is 7.64. The van der Waals surface area contributed by atoms with Crippen molar-refractivity contribution in [3.05, 3.63) is 29.8 Å². The first-order valence-electron chi connectivity index (χ1n) is 8.50. The molecule has 1 aromatic carbocycles. The number of hydrogen-bond donors (Lipinski definition) is 0. The molecule has 2 nitrogen and oxygen atoms in total. The van der Waals surface area contributed by atoms with Gasteiger partial charge in [0.2, 0.25) is 0 Å². The maximum absolute atomic E-state index is 14.0. The number of alkyl halides is 11. The van der Waals surface area contributed by atoms with Crippen molar-refractivity contribution < 1.29 is 57.8 Å². The number of methoxy groups -OCH3 is 1. The van der Waals surface area contributed by atoms with Crippen molar-refractivity contribution in [2.45, 2.75) is 68.8 Å². The lowest BCUT2D eigenvalue weighted by molar-refractivity contribution is -0.423. The predicted octanol–water partition coefficient (Wildman–Crippen LogP) is 7.05. The molecule has 0 radical (unpaired) electrons. The summed E-state index contributed by atoms with van der Waals surface area (Å²) in [6.45, 7) is 5.04. The van der Waals surface area contributed by atoms with E-state index in [1.807, 2.05) is 0 Å². The van der Waals surface area contributed by atoms with Gasteiger partial charge in [-0.05, 0) is 38.5 Å². The van der Waals surface area contributed by atoms with Crippen LogP contribution in [-0.4, -0.2) is 42.6 Å². The highest BCUT2D eigenvalue weighted by Gasteiger charge is 2.87. The quantitative estimate of drug-likeness (QED) is 0.375. The van der Waals surface area contributed by atoms with E-state index in [9.17, 15) is 48.3 Å². The molecule has 31 heavy (non-hydrogen) atoms. The molecule has 0 aliphatic rings. The summed E-state index contributed by atoms with van der Waals surface area (Å²) in [4.78, 5) is 0. The van der Waals surface area contributed by atoms with E-state index in [-0.39, 0.29) is 11.3 Å². The molecule has 0 bridgehead atoms. The average Bonchev–Trinajstić information content (AvgIpc) is 2.57. The van der Waals surface area contributed by atoms with Crippen molar-refractivity contribution >= 4 is 0 Å². The van der Waals surface area contributed by atoms with Gasteiger partial charge in [0.15, 0.2) is 0 Å². The Morgan fingerprint density at radius 1 is 0.710 bits per heavy atom. The minimum atomic E-state index is -7.44. The second kappa shape index (κ2) is 8.28. The van der Waals surface area contributed by atoms with Gasteiger partial charge < -0.3 is 9.47 Å². The third-order valence-electron chi connectivity index (χ3n) is 4.01. The van der Waals surface area contributed by atoms with E-state index in [1.165, 1.54) is 12.1 Å². The maximum atomic E-state index is 14.0. The summed E-state index contributed by atoms with van der Waals surface area (Å²) in [5, 5.41) is 0. The Labute approximate surface area is 170 Å². The van der Waals surface area contributed by atoms with Gasteiger partial charge in [0.1, 0.15) is 11.4 Å². The first kappa shape index (κ1) is 27.2. The van der Waals surface area contributed by atoms with E-state index in [2.05, 4.69) is 4.74 Å². The Morgan fingerprint density at radius 3 is 1.52 bits per heavy atom. The van der Waals surface area contributed by atoms with Gasteiger partial charge in [-0.1, -0.05) is 12.1 Å². The van der Waals surface area contributed by atoms with Crippen LogP contribution < -0.4 is 4.74 Å². The number of hydrogen-bond acceptors (Lipinski definition) is 2. The SMILES string of the molecule is COC(CC(F)(F)C(F)(F)C(F)(F)C(F)(F)C(F)(F)F)c1ccc(OC(C)(C)C)cc1. The number of benzene rings is 1. The maximum Gasteiger partial charge on any atom is 0.460 e. The minimum Gasteiger partial charge on any atom is -0.488 e. The smallest absolute Gasteiger partial charge is 0.460 e. The van der Waals surface area contributed by atoms with Crippen LogP contribution >= 0.6 is 0 Å². The zero-order valence-corrected chi connectivity index (χ0v) is 16.6. The summed E-state index contributed by atoms with van der Waals surface area (Å²) < 4.78 is 155. The van der Waals surface area contributed by atoms with Crippen molar-refractivity contribution in [2.75, 3.05) is 7.11 Å². The Balaban J connectivity index is 3.22. The van der Waals surface area contributed by atoms with Gasteiger partial charge in [-0.3, -0.25) is 0 Å². The number of rotatable bonds is 8. The van der Waals surface area contributed by atoms with Crippen LogP contribution in [0.2, 0.25) is 0 Å². The van der Waals surface area contributed by atoms with Crippen LogP contribution in [0.3, 0.4) is 0 Å². The fraction of sp³-hybridized carbons (Fsp3) is 0.667. The number of ether oxygens (including phenoxy) is 2. The molecule has 13 heteroatoms. The molecule has 1 unspecified atom stereocenters. The second-order valence-electron chi connectivity index (χ2n) is 7.64. The number of halogens is 11. The van der Waals surface area contributed by atoms with Crippen LogP contribution in [0, 0.1) is 0 Å². The van der Waals surface area contributed by atoms with E-state index in [0.29, 0.717) is 0 Å². The van der Waals surface area contributed by atoms with Gasteiger partial charge in [-0.25, -0.2) is 0 Å². The first-order valence-corrected chi connectivity index (χ1v) is 8.50. The molecule has 0 aromatic heterocycles. The predicted molar refractivity (Wildman–Crippen MR) is 87.0 cm³/mol. The third-order valence-corrected chi connectivity index (χ3v) is 4.01. The normalized spacial score (nSPS) is 15.7. The lowest BCUT2D eigenvalue weighted by Crippen LogP contribution is -2.66. The monoisotopic (exact) mass is 476 g/mol. The molecule has 1 atom stereocenters. The molecule has 0 saturated carbocycles. The molecule has 0 amide bonds. The van der Waals surface area contributed by atoms with Gasteiger partial charge in [0, 0.05) is 13.5 Å². The topological polar surface area (TPSA) is 18.5 Å². The van der Waals surface area contributed by atoms with Gasteiger partial charge in [0.05, 0.1) is 6.10 Å². The summed E-state index contributed by atoms with van der Waals surface area (Å²) in [5.41, 5.74) is -0.919. The molecular weight excluding hydrogens is 457 g/mol. The van der Waals surface area contributed by atoms with Crippen molar-refractivity contribution in [3.63, 3.8) is 0 Å². The largest absolute Gasteiger partial charge is 0.488 e. The highest BCUT2D eigenvalue weighted by atomic mass is 19.4. The van der Waals surface area contributed by atoms with E-state index < -0.39 is 48.0 Å². The van der Waals surface area contributed by atoms with Crippen LogP contribution in [0.15, 0.2) is 24.3 Å². The van der Waals surface area contributed by atoms with Gasteiger partial charge in [-0.15, -0.1) is 0 Å². The molecule has 0 aliphatic heterocycles. The standard InChI is InChI=1S/C18H19F11O2/c1-13(2,3)31-11-7-5-10(6-8-11)12(30-4)9-14(19,20)15(21,22)16(23,24)17(25,26)18(27,28)29/h5-8,12H,9H2,1-4H3. The summed E-state index contributed by atoms with van der Waals surface area (Å²) in [6.07, 6.45) is -11.5. The molecular formula is C18H19F11O2. The van der Waals surface area contributed by atoms with Gasteiger partial charge in [-0.2, -0.15) is 48.3 Å². The lowest BCUT2D eigenvalue weighted by Gasteiger charge is -2.38. The van der Waals surface area contributed by atoms with E-state index in [4.69, 9.17) is 4.74 Å². The third kappa shape index (κ3) is 5.35. The fourth-order valence-corrected chi connectivity index (χ4v) is 2.41. The molecule has 0 fully saturated rings. The summed E-state index contributed by atoms with van der Waals surface area (Å²) >= 11 is 0. The molecule has 1 rings (SSSR count). The van der Waals surface area contributed by atoms with E-state index >= 15 is 0 Å². The van der Waals surface area contributed by atoms with E-state index in [0.717, 1.165) is 19.2 Å². The zero-order valence-electron chi connectivity index (χ0n) is 16.6. The fourth-order valence-electron chi connectivity index (χ4n) is 2.41. The average molecular weight is 476 g/mol. The summed E-state index contributed by atoms with van der Waals surface area (Å²) in [7, 11) is 0.737. The Kier molecular flexibility index (Phi) is 7.28. The first-order chi connectivity index (χ1) is 13.6. The molecule has 0 aliphatic carbocycles. The molecule has 0 spiro atoms. The van der Waals surface area contributed by atoms with Crippen LogP contribution in [-0.2, 0) is 4.74 Å². The summed E-state index contributed by atoms with van der Waals surface area (Å²) in [6, 6.07) is 4.56. The van der Waals surface area contributed by atoms with Crippen LogP contribution in [0.25, 0.3) is 0 Å². The van der Waals surface area contributed by atoms with Crippen molar-refractivity contribution in [3.8, 4) is 5.75 Å². The van der Waals surface area contributed by atoms with Gasteiger partial charge in [0.25, 0.3) is 0 Å². The molecule has 0 saturated heterocycles. The van der Waals surface area contributed by atoms with Crippen LogP contribution in [0.1, 0.15) is 38.9 Å². The molecule has 1 aromatic rings. The van der Waals surface area contributed by atoms with Crippen LogP contribution in [0.5, 0.6) is 5.75 Å². The molecule has 0 heterocycles. The molecule has 0 N–H and O–H groups in total. The van der Waals surface area contributed by atoms with Crippen molar-refractivity contribution in [1.82, 2.24) is 0 Å². The molecule has 180 valence electrons. The Bertz CT molecular complexity index is 734. The highest BCUT2D eigenvalue weighted by molar-refractivity contribution is 5.29. The van der Waals surface area contributed by atoms with Crippen LogP contribution in [0.4, 0.5) is 48.3 Å². The summed E-state index contributed by atoms with van der Waals surface area (Å²) in [5.74, 6) is -27.7. The Hall–Kier alpha value is -1.79. The lowest BCUT2D eigenvalue weighted by atomic mass is 9.92. The van der Waals surface area contributed by atoms with E-state index in [1.54, 1.807) is 20.8 Å². The highest BCUT2D eigenvalue weighted by Crippen LogP contribution is 2.58. The zero-order chi connectivity index (χ0) is 24.7. The minimum absolute atomic E-state index is 0.222. The van der Waals surface area contributed by atoms with Gasteiger partial charge >= 0.3 is 29.9 Å². The Morgan fingerprint density at radius 2 is 1.16 bits per heavy atom. The van der Waals surface area contributed by atoms with Crippen molar-refractivity contribution in [1.29, 1.82) is 0 Å². The van der Waals surface area contributed by atoms with Crippen molar-refractivity contribution in [2.24, 2.45) is 0 Å².